The Hall–Kier alpha value is -3.27. The zero-order chi connectivity index (χ0) is 28.4. The highest BCUT2D eigenvalue weighted by Crippen LogP contribution is 2.33. The van der Waals surface area contributed by atoms with Crippen LogP contribution in [0.4, 0.5) is 0 Å². The highest BCUT2D eigenvalue weighted by atomic mass is 16.6. The number of piperidine rings is 1. The van der Waals surface area contributed by atoms with Crippen LogP contribution in [-0.2, 0) is 23.9 Å². The van der Waals surface area contributed by atoms with E-state index in [-0.39, 0.29) is 36.4 Å². The van der Waals surface area contributed by atoms with Gasteiger partial charge in [-0.1, -0.05) is 38.2 Å². The fraction of sp³-hybridized carbons (Fsp3) is 0.621. The van der Waals surface area contributed by atoms with E-state index in [2.05, 4.69) is 5.32 Å². The van der Waals surface area contributed by atoms with Crippen molar-refractivity contribution < 1.29 is 38.2 Å². The van der Waals surface area contributed by atoms with Crippen LogP contribution in [0.1, 0.15) is 106 Å². The zero-order valence-corrected chi connectivity index (χ0v) is 23.2. The fourth-order valence-electron chi connectivity index (χ4n) is 4.63. The summed E-state index contributed by atoms with van der Waals surface area (Å²) >= 11 is 0. The maximum Gasteiger partial charge on any atom is 0.308 e. The highest BCUT2D eigenvalue weighted by Gasteiger charge is 2.45. The number of benzene rings is 1. The smallest absolute Gasteiger partial charge is 0.308 e. The van der Waals surface area contributed by atoms with Gasteiger partial charge >= 0.3 is 5.97 Å². The van der Waals surface area contributed by atoms with Gasteiger partial charge in [0.2, 0.25) is 11.8 Å². The number of nitrogens with zero attached hydrogens (tertiary/aromatic N) is 1. The van der Waals surface area contributed by atoms with Crippen LogP contribution in [0.25, 0.3) is 0 Å². The molecule has 0 aliphatic carbocycles. The average Bonchev–Trinajstić information content (AvgIpc) is 3.11. The summed E-state index contributed by atoms with van der Waals surface area (Å²) in [4.78, 5) is 62.3. The molecule has 0 aromatic heterocycles. The van der Waals surface area contributed by atoms with E-state index in [4.69, 9.17) is 14.2 Å². The van der Waals surface area contributed by atoms with E-state index in [0.29, 0.717) is 25.6 Å². The Balaban J connectivity index is 1.28. The minimum Gasteiger partial charge on any atom is -0.493 e. The molecule has 1 atom stereocenters. The molecule has 1 unspecified atom stereocenters. The van der Waals surface area contributed by atoms with Gasteiger partial charge in [0.1, 0.15) is 17.4 Å². The topological polar surface area (TPSA) is 128 Å². The Labute approximate surface area is 229 Å². The van der Waals surface area contributed by atoms with Gasteiger partial charge in [0.25, 0.3) is 11.8 Å². The molecule has 0 saturated carbocycles. The van der Waals surface area contributed by atoms with Crippen LogP contribution in [0, 0.1) is 0 Å². The third-order valence-electron chi connectivity index (χ3n) is 6.49. The second-order valence-corrected chi connectivity index (χ2v) is 10.9. The van der Waals surface area contributed by atoms with Crippen molar-refractivity contribution in [3.8, 4) is 5.75 Å². The van der Waals surface area contributed by atoms with Gasteiger partial charge in [-0.3, -0.25) is 34.2 Å². The summed E-state index contributed by atoms with van der Waals surface area (Å²) in [7, 11) is 0. The number of hydrogen-bond donors (Lipinski definition) is 1. The lowest BCUT2D eigenvalue weighted by Crippen LogP contribution is -2.54. The molecule has 10 nitrogen and oxygen atoms in total. The predicted molar refractivity (Wildman–Crippen MR) is 142 cm³/mol. The van der Waals surface area contributed by atoms with Crippen LogP contribution in [-0.4, -0.2) is 66.0 Å². The van der Waals surface area contributed by atoms with Crippen molar-refractivity contribution in [1.82, 2.24) is 10.2 Å². The van der Waals surface area contributed by atoms with Gasteiger partial charge in [-0.25, -0.2) is 0 Å². The predicted octanol–water partition coefficient (Wildman–Crippen LogP) is 3.95. The van der Waals surface area contributed by atoms with Gasteiger partial charge in [0, 0.05) is 13.0 Å². The number of ether oxygens (including phenoxy) is 3. The van der Waals surface area contributed by atoms with Crippen molar-refractivity contribution in [2.24, 2.45) is 0 Å². The van der Waals surface area contributed by atoms with E-state index < -0.39 is 35.3 Å². The van der Waals surface area contributed by atoms with Crippen LogP contribution in [0.5, 0.6) is 5.75 Å². The minimum absolute atomic E-state index is 0.0802. The van der Waals surface area contributed by atoms with Crippen LogP contribution >= 0.6 is 0 Å². The van der Waals surface area contributed by atoms with E-state index in [9.17, 15) is 24.0 Å². The van der Waals surface area contributed by atoms with Gasteiger partial charge in [-0.15, -0.1) is 0 Å². The van der Waals surface area contributed by atoms with Crippen LogP contribution < -0.4 is 10.1 Å². The number of nitrogens with one attached hydrogen (secondary N) is 1. The summed E-state index contributed by atoms with van der Waals surface area (Å²) < 4.78 is 16.6. The number of esters is 1. The van der Waals surface area contributed by atoms with Crippen molar-refractivity contribution in [2.75, 3.05) is 19.8 Å². The fourth-order valence-corrected chi connectivity index (χ4v) is 4.63. The molecule has 0 spiro atoms. The molecule has 1 N–H and O–H groups in total. The molecule has 2 heterocycles. The molecule has 214 valence electrons. The first-order chi connectivity index (χ1) is 18.6. The molecule has 1 aromatic carbocycles. The summed E-state index contributed by atoms with van der Waals surface area (Å²) in [6.07, 6.45) is 7.57. The molecule has 1 saturated heterocycles. The number of carbonyl (C=O) groups is 5. The first-order valence-corrected chi connectivity index (χ1v) is 13.9. The first kappa shape index (κ1) is 30.3. The largest absolute Gasteiger partial charge is 0.493 e. The molecule has 3 rings (SSSR count). The average molecular weight is 545 g/mol. The summed E-state index contributed by atoms with van der Waals surface area (Å²) in [5.74, 6) is -2.03. The number of fused-ring (bicyclic) bond motifs is 1. The molecule has 2 aliphatic rings. The molecule has 1 fully saturated rings. The lowest BCUT2D eigenvalue weighted by molar-refractivity contribution is -0.156. The van der Waals surface area contributed by atoms with E-state index in [1.807, 2.05) is 20.8 Å². The molecule has 0 radical (unpaired) electrons. The van der Waals surface area contributed by atoms with Crippen LogP contribution in [0.15, 0.2) is 18.2 Å². The van der Waals surface area contributed by atoms with Crippen LogP contribution in [0.2, 0.25) is 0 Å². The number of carbonyl (C=O) groups excluding carboxylic acids is 5. The second-order valence-electron chi connectivity index (χ2n) is 10.9. The lowest BCUT2D eigenvalue weighted by atomic mass is 10.0. The first-order valence-electron chi connectivity index (χ1n) is 13.9. The third-order valence-corrected chi connectivity index (χ3v) is 6.49. The molecule has 39 heavy (non-hydrogen) atoms. The molecule has 0 bridgehead atoms. The second kappa shape index (κ2) is 14.2. The molecular weight excluding hydrogens is 504 g/mol. The Morgan fingerprint density at radius 3 is 2.26 bits per heavy atom. The molecule has 4 amide bonds. The Kier molecular flexibility index (Phi) is 11.0. The van der Waals surface area contributed by atoms with Crippen molar-refractivity contribution in [2.45, 2.75) is 96.6 Å². The quantitative estimate of drug-likeness (QED) is 0.200. The number of imide groups is 2. The van der Waals surface area contributed by atoms with Gasteiger partial charge in [-0.05, 0) is 52.2 Å². The maximum absolute atomic E-state index is 13.1. The molecule has 1 aromatic rings. The SMILES string of the molecule is CC(C)(C)OC(=O)CCOCCCCCCCCCOc1cccc2c1C(=O)N(C1CCC(=O)NC1=O)C2=O. The van der Waals surface area contributed by atoms with Crippen LogP contribution in [0.3, 0.4) is 0 Å². The molecular formula is C29H40N2O8. The minimum atomic E-state index is -0.994. The monoisotopic (exact) mass is 544 g/mol. The number of hydrogen-bond acceptors (Lipinski definition) is 8. The van der Waals surface area contributed by atoms with E-state index in [1.165, 1.54) is 0 Å². The van der Waals surface area contributed by atoms with Gasteiger partial charge in [0.15, 0.2) is 0 Å². The maximum atomic E-state index is 13.1. The third kappa shape index (κ3) is 8.88. The van der Waals surface area contributed by atoms with Crippen molar-refractivity contribution in [3.05, 3.63) is 29.3 Å². The number of rotatable bonds is 15. The Bertz CT molecular complexity index is 1060. The van der Waals surface area contributed by atoms with Crippen molar-refractivity contribution >= 4 is 29.6 Å². The summed E-state index contributed by atoms with van der Waals surface area (Å²) in [5, 5.41) is 2.20. The van der Waals surface area contributed by atoms with Crippen molar-refractivity contribution in [1.29, 1.82) is 0 Å². The summed E-state index contributed by atoms with van der Waals surface area (Å²) in [6.45, 7) is 6.98. The van der Waals surface area contributed by atoms with E-state index in [1.54, 1.807) is 18.2 Å². The summed E-state index contributed by atoms with van der Waals surface area (Å²) in [5.41, 5.74) is -0.0671. The van der Waals surface area contributed by atoms with Gasteiger partial charge in [0.05, 0.1) is 30.8 Å². The van der Waals surface area contributed by atoms with Gasteiger partial charge < -0.3 is 14.2 Å². The van der Waals surface area contributed by atoms with E-state index in [0.717, 1.165) is 49.8 Å². The zero-order valence-electron chi connectivity index (χ0n) is 23.2. The molecule has 10 heteroatoms. The van der Waals surface area contributed by atoms with Crippen molar-refractivity contribution in [3.63, 3.8) is 0 Å². The normalized spacial score (nSPS) is 17.3. The Morgan fingerprint density at radius 2 is 1.59 bits per heavy atom. The van der Waals surface area contributed by atoms with E-state index >= 15 is 0 Å². The Morgan fingerprint density at radius 1 is 0.923 bits per heavy atom. The standard InChI is InChI=1S/C29H40N2O8/c1-29(2,3)39-24(33)16-19-37-17-9-7-5-4-6-8-10-18-38-22-13-11-12-20-25(22)28(36)31(27(20)35)21-14-15-23(32)30-26(21)34/h11-13,21H,4-10,14-19H2,1-3H3,(H,30,32,34). The van der Waals surface area contributed by atoms with Gasteiger partial charge in [-0.2, -0.15) is 0 Å². The summed E-state index contributed by atoms with van der Waals surface area (Å²) in [6, 6.07) is 3.88. The lowest BCUT2D eigenvalue weighted by Gasteiger charge is -2.27. The highest BCUT2D eigenvalue weighted by molar-refractivity contribution is 6.24. The number of unbranched alkanes of at least 4 members (excludes halogenated alkanes) is 6. The number of amides is 4. The molecule has 2 aliphatic heterocycles.